The molecule has 2 fully saturated rings. The Bertz CT molecular complexity index is 600. The summed E-state index contributed by atoms with van der Waals surface area (Å²) in [7, 11) is 0. The van der Waals surface area contributed by atoms with Crippen LogP contribution in [0.25, 0.3) is 0 Å². The second-order valence-electron chi connectivity index (χ2n) is 6.73. The lowest BCUT2D eigenvalue weighted by atomic mass is 9.98. The molecule has 1 heterocycles. The standard InChI is InChI=1S/C18H25N3O2.ClH/c19-18(9-3-4-10-18)17(23)20-12-14-6-1-2-7-15(14)13-21-11-5-8-16(21)22;/h1-2,6-7H,3-5,8-13,19H2,(H,20,23);1H. The number of carbonyl (C=O) groups is 2. The third kappa shape index (κ3) is 4.08. The van der Waals surface area contributed by atoms with Gasteiger partial charge in [-0.25, -0.2) is 0 Å². The van der Waals surface area contributed by atoms with Gasteiger partial charge in [0, 0.05) is 26.1 Å². The van der Waals surface area contributed by atoms with Crippen molar-refractivity contribution in [2.45, 2.75) is 57.2 Å². The molecular formula is C18H26ClN3O2. The van der Waals surface area contributed by atoms with Crippen molar-refractivity contribution in [3.8, 4) is 0 Å². The molecule has 5 nitrogen and oxygen atoms in total. The molecule has 0 aromatic heterocycles. The minimum atomic E-state index is -0.695. The van der Waals surface area contributed by atoms with Gasteiger partial charge in [0.05, 0.1) is 5.54 Å². The molecule has 2 aliphatic rings. The Hall–Kier alpha value is -1.59. The van der Waals surface area contributed by atoms with E-state index in [2.05, 4.69) is 5.32 Å². The molecule has 0 spiro atoms. The molecule has 0 unspecified atom stereocenters. The summed E-state index contributed by atoms with van der Waals surface area (Å²) in [6.45, 7) is 1.92. The number of nitrogens with zero attached hydrogens (tertiary/aromatic N) is 1. The molecule has 1 aromatic rings. The van der Waals surface area contributed by atoms with Crippen molar-refractivity contribution in [3.05, 3.63) is 35.4 Å². The Balaban J connectivity index is 0.00000208. The van der Waals surface area contributed by atoms with E-state index in [1.807, 2.05) is 29.2 Å². The maximum atomic E-state index is 12.3. The zero-order valence-corrected chi connectivity index (χ0v) is 14.7. The highest BCUT2D eigenvalue weighted by atomic mass is 35.5. The van der Waals surface area contributed by atoms with Crippen LogP contribution in [-0.4, -0.2) is 28.8 Å². The monoisotopic (exact) mass is 351 g/mol. The fourth-order valence-corrected chi connectivity index (χ4v) is 3.55. The minimum absolute atomic E-state index is 0. The van der Waals surface area contributed by atoms with Crippen molar-refractivity contribution in [1.82, 2.24) is 10.2 Å². The Morgan fingerprint density at radius 3 is 2.46 bits per heavy atom. The van der Waals surface area contributed by atoms with E-state index in [9.17, 15) is 9.59 Å². The van der Waals surface area contributed by atoms with Crippen molar-refractivity contribution in [3.63, 3.8) is 0 Å². The van der Waals surface area contributed by atoms with Crippen LogP contribution in [0.3, 0.4) is 0 Å². The highest BCUT2D eigenvalue weighted by molar-refractivity contribution is 5.86. The molecule has 1 saturated heterocycles. The van der Waals surface area contributed by atoms with Crippen LogP contribution in [0, 0.1) is 0 Å². The third-order valence-corrected chi connectivity index (χ3v) is 5.04. The molecule has 1 aromatic carbocycles. The van der Waals surface area contributed by atoms with Gasteiger partial charge in [-0.1, -0.05) is 37.1 Å². The van der Waals surface area contributed by atoms with Gasteiger partial charge in [0.15, 0.2) is 0 Å². The first-order valence-electron chi connectivity index (χ1n) is 8.50. The molecule has 1 saturated carbocycles. The molecule has 2 amide bonds. The largest absolute Gasteiger partial charge is 0.350 e. The Morgan fingerprint density at radius 1 is 1.17 bits per heavy atom. The maximum Gasteiger partial charge on any atom is 0.240 e. The predicted octanol–water partition coefficient (Wildman–Crippen LogP) is 2.12. The lowest BCUT2D eigenvalue weighted by Gasteiger charge is -2.23. The van der Waals surface area contributed by atoms with Gasteiger partial charge in [-0.05, 0) is 30.4 Å². The van der Waals surface area contributed by atoms with Gasteiger partial charge in [-0.3, -0.25) is 9.59 Å². The SMILES string of the molecule is Cl.NC1(C(=O)NCc2ccccc2CN2CCCC2=O)CCCC1. The number of nitrogens with one attached hydrogen (secondary N) is 1. The molecule has 0 radical (unpaired) electrons. The zero-order chi connectivity index (χ0) is 16.3. The summed E-state index contributed by atoms with van der Waals surface area (Å²) < 4.78 is 0. The van der Waals surface area contributed by atoms with Gasteiger partial charge in [-0.2, -0.15) is 0 Å². The maximum absolute atomic E-state index is 12.3. The lowest BCUT2D eigenvalue weighted by Crippen LogP contribution is -2.51. The highest BCUT2D eigenvalue weighted by Crippen LogP contribution is 2.27. The van der Waals surface area contributed by atoms with E-state index in [-0.39, 0.29) is 24.2 Å². The van der Waals surface area contributed by atoms with Gasteiger partial charge in [0.25, 0.3) is 0 Å². The molecule has 0 bridgehead atoms. The Morgan fingerprint density at radius 2 is 1.83 bits per heavy atom. The summed E-state index contributed by atoms with van der Waals surface area (Å²) in [5.41, 5.74) is 7.65. The zero-order valence-electron chi connectivity index (χ0n) is 13.9. The van der Waals surface area contributed by atoms with E-state index < -0.39 is 5.54 Å². The van der Waals surface area contributed by atoms with Gasteiger partial charge < -0.3 is 16.0 Å². The first kappa shape index (κ1) is 18.7. The van der Waals surface area contributed by atoms with E-state index in [0.29, 0.717) is 19.5 Å². The molecule has 1 aliphatic heterocycles. The molecule has 1 aliphatic carbocycles. The lowest BCUT2D eigenvalue weighted by molar-refractivity contribution is -0.128. The molecular weight excluding hydrogens is 326 g/mol. The van der Waals surface area contributed by atoms with Crippen LogP contribution in [0.2, 0.25) is 0 Å². The fraction of sp³-hybridized carbons (Fsp3) is 0.556. The van der Waals surface area contributed by atoms with Crippen molar-refractivity contribution in [2.24, 2.45) is 5.73 Å². The molecule has 24 heavy (non-hydrogen) atoms. The fourth-order valence-electron chi connectivity index (χ4n) is 3.55. The average Bonchev–Trinajstić information content (AvgIpc) is 3.16. The van der Waals surface area contributed by atoms with Crippen molar-refractivity contribution in [1.29, 1.82) is 0 Å². The van der Waals surface area contributed by atoms with Crippen LogP contribution in [0.1, 0.15) is 49.7 Å². The second kappa shape index (κ2) is 7.99. The van der Waals surface area contributed by atoms with Crippen molar-refractivity contribution >= 4 is 24.2 Å². The smallest absolute Gasteiger partial charge is 0.240 e. The number of nitrogens with two attached hydrogens (primary N) is 1. The number of hydrogen-bond acceptors (Lipinski definition) is 3. The summed E-state index contributed by atoms with van der Waals surface area (Å²) in [5, 5.41) is 2.99. The molecule has 0 atom stereocenters. The number of hydrogen-bond donors (Lipinski definition) is 2. The summed E-state index contributed by atoms with van der Waals surface area (Å²) >= 11 is 0. The van der Waals surface area contributed by atoms with Gasteiger partial charge in [0.2, 0.25) is 11.8 Å². The first-order valence-corrected chi connectivity index (χ1v) is 8.50. The summed E-state index contributed by atoms with van der Waals surface area (Å²) in [4.78, 5) is 26.1. The van der Waals surface area contributed by atoms with Crippen LogP contribution >= 0.6 is 12.4 Å². The van der Waals surface area contributed by atoms with E-state index in [4.69, 9.17) is 5.73 Å². The van der Waals surface area contributed by atoms with Crippen LogP contribution in [0.4, 0.5) is 0 Å². The normalized spacial score (nSPS) is 19.2. The first-order chi connectivity index (χ1) is 11.1. The quantitative estimate of drug-likeness (QED) is 0.853. The second-order valence-corrected chi connectivity index (χ2v) is 6.73. The number of amides is 2. The molecule has 6 heteroatoms. The summed E-state index contributed by atoms with van der Waals surface area (Å²) in [6, 6.07) is 7.97. The molecule has 3 N–H and O–H groups in total. The average molecular weight is 352 g/mol. The Kier molecular flexibility index (Phi) is 6.24. The number of benzene rings is 1. The number of rotatable bonds is 5. The van der Waals surface area contributed by atoms with Gasteiger partial charge >= 0.3 is 0 Å². The summed E-state index contributed by atoms with van der Waals surface area (Å²) in [5.74, 6) is 0.165. The Labute approximate surface area is 149 Å². The van der Waals surface area contributed by atoms with Crippen molar-refractivity contribution < 1.29 is 9.59 Å². The van der Waals surface area contributed by atoms with Crippen LogP contribution in [-0.2, 0) is 22.7 Å². The summed E-state index contributed by atoms with van der Waals surface area (Å²) in [6.07, 6.45) is 5.17. The van der Waals surface area contributed by atoms with E-state index in [1.54, 1.807) is 0 Å². The predicted molar refractivity (Wildman–Crippen MR) is 95.6 cm³/mol. The van der Waals surface area contributed by atoms with E-state index >= 15 is 0 Å². The van der Waals surface area contributed by atoms with Crippen LogP contribution < -0.4 is 11.1 Å². The van der Waals surface area contributed by atoms with Crippen LogP contribution in [0.15, 0.2) is 24.3 Å². The van der Waals surface area contributed by atoms with E-state index in [1.165, 1.54) is 0 Å². The van der Waals surface area contributed by atoms with Gasteiger partial charge in [0.1, 0.15) is 0 Å². The van der Waals surface area contributed by atoms with Crippen molar-refractivity contribution in [2.75, 3.05) is 6.54 Å². The number of carbonyl (C=O) groups excluding carboxylic acids is 2. The van der Waals surface area contributed by atoms with Gasteiger partial charge in [-0.15, -0.1) is 12.4 Å². The number of likely N-dealkylation sites (tertiary alicyclic amines) is 1. The third-order valence-electron chi connectivity index (χ3n) is 5.04. The molecule has 3 rings (SSSR count). The number of halogens is 1. The topological polar surface area (TPSA) is 75.4 Å². The minimum Gasteiger partial charge on any atom is -0.350 e. The van der Waals surface area contributed by atoms with E-state index in [0.717, 1.165) is 49.8 Å². The highest BCUT2D eigenvalue weighted by Gasteiger charge is 2.36. The van der Waals surface area contributed by atoms with Crippen LogP contribution in [0.5, 0.6) is 0 Å². The molecule has 132 valence electrons.